The summed E-state index contributed by atoms with van der Waals surface area (Å²) in [6.07, 6.45) is 4.78. The predicted octanol–water partition coefficient (Wildman–Crippen LogP) is 2.56. The Hall–Kier alpha value is -3.19. The monoisotopic (exact) mass is 412 g/mol. The summed E-state index contributed by atoms with van der Waals surface area (Å²) in [6, 6.07) is 8.92. The number of alkyl halides is 1. The van der Waals surface area contributed by atoms with Gasteiger partial charge in [0, 0.05) is 29.4 Å². The van der Waals surface area contributed by atoms with Crippen molar-refractivity contribution in [3.8, 4) is 17.3 Å². The van der Waals surface area contributed by atoms with Crippen LogP contribution in [0.15, 0.2) is 53.7 Å². The third-order valence-electron chi connectivity index (χ3n) is 4.11. The minimum atomic E-state index is -1.56. The Labute approximate surface area is 167 Å². The zero-order chi connectivity index (χ0) is 20.4. The zero-order valence-electron chi connectivity index (χ0n) is 15.5. The predicted molar refractivity (Wildman–Crippen MR) is 109 cm³/mol. The molecule has 0 spiro atoms. The molecule has 1 aromatic carbocycles. The molecule has 0 saturated carbocycles. The fourth-order valence-electron chi connectivity index (χ4n) is 2.71. The molecule has 0 fully saturated rings. The molecule has 1 N–H and O–H groups in total. The van der Waals surface area contributed by atoms with Crippen molar-refractivity contribution in [3.05, 3.63) is 64.8 Å². The molecular formula is C19H18FN6O2P. The van der Waals surface area contributed by atoms with Gasteiger partial charge in [0.1, 0.15) is 6.61 Å². The molecule has 0 radical (unpaired) electrons. The van der Waals surface area contributed by atoms with Gasteiger partial charge in [-0.05, 0) is 30.7 Å². The Balaban J connectivity index is 1.55. The molecule has 0 aliphatic rings. The number of aromatic nitrogens is 6. The van der Waals surface area contributed by atoms with Crippen molar-refractivity contribution in [1.82, 2.24) is 29.9 Å². The maximum Gasteiger partial charge on any atom is 0.316 e. The number of hydrogen-bond acceptors (Lipinski definition) is 6. The Morgan fingerprint density at radius 2 is 2.00 bits per heavy atom. The van der Waals surface area contributed by atoms with E-state index in [0.29, 0.717) is 17.8 Å². The van der Waals surface area contributed by atoms with Gasteiger partial charge < -0.3 is 4.74 Å². The van der Waals surface area contributed by atoms with E-state index in [2.05, 4.69) is 34.5 Å². The molecule has 4 aromatic rings. The first-order valence-corrected chi connectivity index (χ1v) is 9.38. The molecule has 0 saturated heterocycles. The van der Waals surface area contributed by atoms with Gasteiger partial charge in [0.15, 0.2) is 5.41 Å². The van der Waals surface area contributed by atoms with Crippen LogP contribution in [-0.4, -0.2) is 42.0 Å². The highest BCUT2D eigenvalue weighted by atomic mass is 31.0. The molecule has 0 amide bonds. The standard InChI is InChI=1S/C19H18FN6O2P/c1-19(20,29)11-28-18-21-7-14(8-22-18)16-4-5-17(27)26(25-16)10-12-2-3-15-13(6-12)9-23-24-15/h2-9H,10-11,29H2,1H3,(H,23,24). The topological polar surface area (TPSA) is 98.6 Å². The Morgan fingerprint density at radius 1 is 1.21 bits per heavy atom. The second-order valence-electron chi connectivity index (χ2n) is 6.83. The number of H-pyrrole nitrogens is 1. The average Bonchev–Trinajstić information content (AvgIpc) is 3.16. The van der Waals surface area contributed by atoms with Crippen molar-refractivity contribution in [3.63, 3.8) is 0 Å². The molecular weight excluding hydrogens is 394 g/mol. The molecule has 3 heterocycles. The Bertz CT molecular complexity index is 1200. The third-order valence-corrected chi connectivity index (χ3v) is 4.28. The molecule has 2 unspecified atom stereocenters. The summed E-state index contributed by atoms with van der Waals surface area (Å²) in [5.41, 5.74) is 2.80. The minimum absolute atomic E-state index is 0.0711. The molecule has 2 atom stereocenters. The van der Waals surface area contributed by atoms with E-state index in [-0.39, 0.29) is 18.2 Å². The van der Waals surface area contributed by atoms with Gasteiger partial charge in [-0.25, -0.2) is 19.0 Å². The van der Waals surface area contributed by atoms with Gasteiger partial charge in [0.2, 0.25) is 0 Å². The number of fused-ring (bicyclic) bond motifs is 1. The van der Waals surface area contributed by atoms with Gasteiger partial charge in [-0.1, -0.05) is 15.3 Å². The van der Waals surface area contributed by atoms with Crippen molar-refractivity contribution in [1.29, 1.82) is 0 Å². The van der Waals surface area contributed by atoms with Crippen LogP contribution in [0.5, 0.6) is 6.01 Å². The van der Waals surface area contributed by atoms with E-state index >= 15 is 0 Å². The smallest absolute Gasteiger partial charge is 0.316 e. The highest BCUT2D eigenvalue weighted by Crippen LogP contribution is 2.20. The molecule has 8 nitrogen and oxygen atoms in total. The minimum Gasteiger partial charge on any atom is -0.460 e. The summed E-state index contributed by atoms with van der Waals surface area (Å²) in [7, 11) is 2.05. The van der Waals surface area contributed by atoms with E-state index in [4.69, 9.17) is 4.74 Å². The lowest BCUT2D eigenvalue weighted by molar-refractivity contribution is 0.172. The number of aromatic amines is 1. The normalized spacial score (nSPS) is 13.3. The molecule has 29 heavy (non-hydrogen) atoms. The fraction of sp³-hybridized carbons (Fsp3) is 0.211. The third kappa shape index (κ3) is 4.63. The fourth-order valence-corrected chi connectivity index (χ4v) is 2.79. The van der Waals surface area contributed by atoms with E-state index in [1.165, 1.54) is 30.1 Å². The number of rotatable bonds is 6. The van der Waals surface area contributed by atoms with Crippen molar-refractivity contribution >= 4 is 20.1 Å². The van der Waals surface area contributed by atoms with Gasteiger partial charge in [0.25, 0.3) is 5.56 Å². The second kappa shape index (κ2) is 7.67. The molecule has 0 bridgehead atoms. The van der Waals surface area contributed by atoms with Crippen molar-refractivity contribution < 1.29 is 9.13 Å². The van der Waals surface area contributed by atoms with Crippen molar-refractivity contribution in [2.75, 3.05) is 6.61 Å². The van der Waals surface area contributed by atoms with Crippen LogP contribution in [0.2, 0.25) is 0 Å². The molecule has 3 aromatic heterocycles. The molecule has 4 rings (SSSR count). The summed E-state index contributed by atoms with van der Waals surface area (Å²) >= 11 is 0. The van der Waals surface area contributed by atoms with E-state index in [1.807, 2.05) is 18.2 Å². The van der Waals surface area contributed by atoms with E-state index in [9.17, 15) is 9.18 Å². The quantitative estimate of drug-likeness (QED) is 0.489. The number of nitrogens with one attached hydrogen (secondary N) is 1. The van der Waals surface area contributed by atoms with Gasteiger partial charge in [-0.15, -0.1) is 0 Å². The van der Waals surface area contributed by atoms with Crippen LogP contribution in [0, 0.1) is 0 Å². The van der Waals surface area contributed by atoms with E-state index in [1.54, 1.807) is 12.3 Å². The summed E-state index contributed by atoms with van der Waals surface area (Å²) in [5.74, 6) is 0. The van der Waals surface area contributed by atoms with Gasteiger partial charge >= 0.3 is 6.01 Å². The second-order valence-corrected chi connectivity index (χ2v) is 8.03. The van der Waals surface area contributed by atoms with Crippen LogP contribution in [0.25, 0.3) is 22.2 Å². The van der Waals surface area contributed by atoms with E-state index in [0.717, 1.165) is 16.5 Å². The van der Waals surface area contributed by atoms with Crippen LogP contribution >= 0.6 is 9.24 Å². The molecule has 0 aliphatic heterocycles. The van der Waals surface area contributed by atoms with Crippen LogP contribution in [-0.2, 0) is 6.54 Å². The molecule has 0 aliphatic carbocycles. The summed E-state index contributed by atoms with van der Waals surface area (Å²) in [6.45, 7) is 1.52. The number of benzene rings is 1. The largest absolute Gasteiger partial charge is 0.460 e. The van der Waals surface area contributed by atoms with Crippen LogP contribution in [0.3, 0.4) is 0 Å². The summed E-state index contributed by atoms with van der Waals surface area (Å²) < 4.78 is 20.1. The van der Waals surface area contributed by atoms with Crippen LogP contribution in [0.1, 0.15) is 12.5 Å². The SMILES string of the molecule is CC(F)(P)COc1ncc(-c2ccc(=O)n(Cc3ccc4[nH]ncc4c3)n2)cn1. The summed E-state index contributed by atoms with van der Waals surface area (Å²) in [4.78, 5) is 20.4. The lowest BCUT2D eigenvalue weighted by Crippen LogP contribution is -2.23. The Morgan fingerprint density at radius 3 is 2.76 bits per heavy atom. The first kappa shape index (κ1) is 19.1. The van der Waals surface area contributed by atoms with Gasteiger partial charge in [-0.2, -0.15) is 10.2 Å². The first-order chi connectivity index (χ1) is 13.9. The number of nitrogens with zero attached hydrogens (tertiary/aromatic N) is 5. The zero-order valence-corrected chi connectivity index (χ0v) is 16.7. The number of halogens is 1. The lowest BCUT2D eigenvalue weighted by Gasteiger charge is -2.13. The highest BCUT2D eigenvalue weighted by molar-refractivity contribution is 7.18. The Kier molecular flexibility index (Phi) is 5.07. The maximum atomic E-state index is 13.5. The first-order valence-electron chi connectivity index (χ1n) is 8.81. The van der Waals surface area contributed by atoms with Crippen LogP contribution in [0.4, 0.5) is 4.39 Å². The summed E-state index contributed by atoms with van der Waals surface area (Å²) in [5, 5.41) is 10.7. The van der Waals surface area contributed by atoms with Gasteiger partial charge in [-0.3, -0.25) is 9.89 Å². The van der Waals surface area contributed by atoms with Crippen LogP contribution < -0.4 is 10.3 Å². The molecule has 148 valence electrons. The number of hydrogen-bond donors (Lipinski definition) is 1. The van der Waals surface area contributed by atoms with Gasteiger partial charge in [0.05, 0.1) is 24.0 Å². The number of ether oxygens (including phenoxy) is 1. The maximum absolute atomic E-state index is 13.5. The molecule has 10 heteroatoms. The van der Waals surface area contributed by atoms with E-state index < -0.39 is 5.41 Å². The average molecular weight is 412 g/mol. The van der Waals surface area contributed by atoms with Crippen molar-refractivity contribution in [2.45, 2.75) is 18.9 Å². The van der Waals surface area contributed by atoms with Crippen molar-refractivity contribution in [2.24, 2.45) is 0 Å². The lowest BCUT2D eigenvalue weighted by atomic mass is 10.1. The highest BCUT2D eigenvalue weighted by Gasteiger charge is 2.17.